The Balaban J connectivity index is 0.000000223. The molecule has 3 heterocycles. The highest BCUT2D eigenvalue weighted by Crippen LogP contribution is 2.12. The highest BCUT2D eigenvalue weighted by Gasteiger charge is 2.00. The maximum atomic E-state index is 4.38. The molecule has 5 rings (SSSR count). The fourth-order valence-corrected chi connectivity index (χ4v) is 2.68. The topological polar surface area (TPSA) is 53.5 Å². The molecule has 0 N–H and O–H groups in total. The maximum absolute atomic E-state index is 4.38. The molecule has 0 amide bonds. The molecule has 0 aliphatic rings. The predicted molar refractivity (Wildman–Crippen MR) is 139 cm³/mol. The van der Waals surface area contributed by atoms with Crippen molar-refractivity contribution >= 4 is 11.0 Å². The lowest BCUT2D eigenvalue weighted by Crippen LogP contribution is -1.89. The predicted octanol–water partition coefficient (Wildman–Crippen LogP) is 5.97. The lowest BCUT2D eigenvalue weighted by Gasteiger charge is -1.93. The minimum absolute atomic E-state index is 0. The van der Waals surface area contributed by atoms with E-state index in [-0.39, 0.29) is 7.43 Å². The van der Waals surface area contributed by atoms with Crippen LogP contribution in [0, 0.1) is 27.7 Å². The van der Waals surface area contributed by atoms with E-state index >= 15 is 0 Å². The number of hydrogen-bond acceptors (Lipinski definition) is 3. The van der Waals surface area contributed by atoms with E-state index in [1.165, 1.54) is 11.1 Å². The molecule has 0 spiro atoms. The van der Waals surface area contributed by atoms with Crippen LogP contribution in [0.4, 0.5) is 0 Å². The van der Waals surface area contributed by atoms with Crippen LogP contribution in [-0.2, 0) is 21.1 Å². The second kappa shape index (κ2) is 13.7. The van der Waals surface area contributed by atoms with Crippen LogP contribution < -0.4 is 0 Å². The number of benzene rings is 2. The summed E-state index contributed by atoms with van der Waals surface area (Å²) in [5.41, 5.74) is 3.60. The first-order valence-electron chi connectivity index (χ1n) is 10.6. The lowest BCUT2D eigenvalue weighted by molar-refractivity contribution is 0.858. The van der Waals surface area contributed by atoms with Crippen molar-refractivity contribution in [2.45, 2.75) is 35.1 Å². The number of imidazole rings is 3. The molecular formula is C27H38N6. The average molecular weight is 447 g/mol. The normalized spacial score (nSPS) is 9.42. The molecule has 0 fully saturated rings. The van der Waals surface area contributed by atoms with Gasteiger partial charge >= 0.3 is 0 Å². The van der Waals surface area contributed by atoms with Crippen LogP contribution in [0.2, 0.25) is 0 Å². The Morgan fingerprint density at radius 2 is 1.09 bits per heavy atom. The van der Waals surface area contributed by atoms with Crippen molar-refractivity contribution in [3.05, 3.63) is 102 Å². The van der Waals surface area contributed by atoms with Crippen LogP contribution in [0.25, 0.3) is 11.0 Å². The van der Waals surface area contributed by atoms with Crippen LogP contribution >= 0.6 is 0 Å². The highest BCUT2D eigenvalue weighted by molar-refractivity contribution is 5.75. The van der Waals surface area contributed by atoms with Gasteiger partial charge in [-0.25, -0.2) is 15.0 Å². The number of aromatic nitrogens is 6. The van der Waals surface area contributed by atoms with Crippen LogP contribution in [0.3, 0.4) is 0 Å². The van der Waals surface area contributed by atoms with E-state index in [0.29, 0.717) is 0 Å². The first-order valence-corrected chi connectivity index (χ1v) is 10.6. The Bertz CT molecular complexity index is 1130. The van der Waals surface area contributed by atoms with E-state index in [4.69, 9.17) is 0 Å². The van der Waals surface area contributed by atoms with E-state index in [0.717, 1.165) is 23.0 Å². The maximum Gasteiger partial charge on any atom is 0.106 e. The van der Waals surface area contributed by atoms with Crippen LogP contribution in [0.1, 0.15) is 30.5 Å². The Morgan fingerprint density at radius 1 is 0.606 bits per heavy atom. The zero-order chi connectivity index (χ0) is 23.5. The van der Waals surface area contributed by atoms with Crippen molar-refractivity contribution in [3.63, 3.8) is 0 Å². The standard InChI is InChI=1S/C9H10N2.C7H8.2C5H8N2.CH4/c1-7-10-8-5-3-4-6-9(8)11(7)2;1-7-5-3-2-4-6-7;2*1-5-6-3-4-7(5)2;/h3-6H,1-2H3;2-6H,1H3;2*3-4H,1-2H3;1H4. The lowest BCUT2D eigenvalue weighted by atomic mass is 10.2. The summed E-state index contributed by atoms with van der Waals surface area (Å²) in [7, 11) is 5.98. The van der Waals surface area contributed by atoms with Gasteiger partial charge in [0.15, 0.2) is 0 Å². The molecule has 33 heavy (non-hydrogen) atoms. The van der Waals surface area contributed by atoms with Gasteiger partial charge in [0.05, 0.1) is 11.0 Å². The molecule has 0 radical (unpaired) electrons. The summed E-state index contributed by atoms with van der Waals surface area (Å²) in [5, 5.41) is 0. The molecule has 6 heteroatoms. The summed E-state index contributed by atoms with van der Waals surface area (Å²) < 4.78 is 6.04. The van der Waals surface area contributed by atoms with Crippen LogP contribution in [0.15, 0.2) is 79.4 Å². The van der Waals surface area contributed by atoms with E-state index in [2.05, 4.69) is 44.6 Å². The van der Waals surface area contributed by atoms with Crippen molar-refractivity contribution in [2.24, 2.45) is 21.1 Å². The van der Waals surface area contributed by atoms with E-state index in [1.807, 2.05) is 99.8 Å². The number of nitrogens with zero attached hydrogens (tertiary/aromatic N) is 6. The number of fused-ring (bicyclic) bond motifs is 1. The molecule has 0 aliphatic carbocycles. The Kier molecular flexibility index (Phi) is 11.3. The van der Waals surface area contributed by atoms with Crippen molar-refractivity contribution in [1.29, 1.82) is 0 Å². The third-order valence-corrected chi connectivity index (χ3v) is 5.08. The summed E-state index contributed by atoms with van der Waals surface area (Å²) in [5.74, 6) is 3.17. The Labute approximate surface area is 198 Å². The van der Waals surface area contributed by atoms with E-state index in [9.17, 15) is 0 Å². The quantitative estimate of drug-likeness (QED) is 0.294. The van der Waals surface area contributed by atoms with Crippen LogP contribution in [-0.4, -0.2) is 28.7 Å². The van der Waals surface area contributed by atoms with Gasteiger partial charge in [-0.05, 0) is 39.8 Å². The van der Waals surface area contributed by atoms with Gasteiger partial charge in [0, 0.05) is 45.9 Å². The highest BCUT2D eigenvalue weighted by atomic mass is 15.0. The zero-order valence-corrected chi connectivity index (χ0v) is 20.2. The summed E-state index contributed by atoms with van der Waals surface area (Å²) >= 11 is 0. The monoisotopic (exact) mass is 446 g/mol. The molecule has 6 nitrogen and oxygen atoms in total. The fourth-order valence-electron chi connectivity index (χ4n) is 2.68. The molecule has 0 bridgehead atoms. The van der Waals surface area contributed by atoms with Crippen molar-refractivity contribution in [2.75, 3.05) is 0 Å². The van der Waals surface area contributed by atoms with Gasteiger partial charge in [-0.15, -0.1) is 0 Å². The minimum atomic E-state index is 0. The number of hydrogen-bond donors (Lipinski definition) is 0. The van der Waals surface area contributed by atoms with Gasteiger partial charge in [0.25, 0.3) is 0 Å². The number of aryl methyl sites for hydroxylation is 7. The third-order valence-electron chi connectivity index (χ3n) is 5.08. The van der Waals surface area contributed by atoms with Crippen molar-refractivity contribution < 1.29 is 0 Å². The SMILES string of the molecule is C.Cc1ccccc1.Cc1nc2ccccc2n1C.Cc1nccn1C.Cc1nccn1C. The van der Waals surface area contributed by atoms with Crippen molar-refractivity contribution in [1.82, 2.24) is 28.7 Å². The van der Waals surface area contributed by atoms with Gasteiger partial charge in [-0.2, -0.15) is 0 Å². The fraction of sp³-hybridized carbons (Fsp3) is 0.296. The molecule has 2 aromatic carbocycles. The molecule has 176 valence electrons. The molecule has 0 saturated carbocycles. The van der Waals surface area contributed by atoms with E-state index < -0.39 is 0 Å². The minimum Gasteiger partial charge on any atom is -0.338 e. The second-order valence-electron chi connectivity index (χ2n) is 7.53. The van der Waals surface area contributed by atoms with Gasteiger partial charge in [0.1, 0.15) is 17.5 Å². The third kappa shape index (κ3) is 8.77. The Morgan fingerprint density at radius 3 is 1.42 bits per heavy atom. The molecule has 5 aromatic rings. The molecule has 0 atom stereocenters. The summed E-state index contributed by atoms with van der Waals surface area (Å²) in [6.07, 6.45) is 7.43. The van der Waals surface area contributed by atoms with E-state index in [1.54, 1.807) is 12.4 Å². The number of para-hydroxylation sites is 2. The Hall–Kier alpha value is -3.67. The van der Waals surface area contributed by atoms with Crippen molar-refractivity contribution in [3.8, 4) is 0 Å². The smallest absolute Gasteiger partial charge is 0.106 e. The van der Waals surface area contributed by atoms with Crippen LogP contribution in [0.5, 0.6) is 0 Å². The van der Waals surface area contributed by atoms with Gasteiger partial charge in [0.2, 0.25) is 0 Å². The molecule has 3 aromatic heterocycles. The largest absolute Gasteiger partial charge is 0.338 e. The zero-order valence-electron chi connectivity index (χ0n) is 20.2. The second-order valence-corrected chi connectivity index (χ2v) is 7.53. The summed E-state index contributed by atoms with van der Waals surface area (Å²) in [6, 6.07) is 18.4. The first kappa shape index (κ1) is 27.4. The van der Waals surface area contributed by atoms with Gasteiger partial charge in [-0.3, -0.25) is 0 Å². The summed E-state index contributed by atoms with van der Waals surface area (Å²) in [6.45, 7) is 8.04. The number of rotatable bonds is 0. The molecule has 0 unspecified atom stereocenters. The molecule has 0 saturated heterocycles. The molecule has 0 aliphatic heterocycles. The average Bonchev–Trinajstić information content (AvgIpc) is 3.44. The summed E-state index contributed by atoms with van der Waals surface area (Å²) in [4.78, 5) is 12.3. The van der Waals surface area contributed by atoms with Gasteiger partial charge < -0.3 is 13.7 Å². The first-order chi connectivity index (χ1) is 15.3. The van der Waals surface area contributed by atoms with Gasteiger partial charge in [-0.1, -0.05) is 55.5 Å². The molecular weight excluding hydrogens is 408 g/mol.